The Labute approximate surface area is 192 Å². The van der Waals surface area contributed by atoms with Gasteiger partial charge in [-0.15, -0.1) is 0 Å². The second-order valence-electron chi connectivity index (χ2n) is 6.78. The average molecular weight is 465 g/mol. The van der Waals surface area contributed by atoms with E-state index in [1.165, 1.54) is 18.0 Å². The third-order valence-corrected chi connectivity index (χ3v) is 4.98. The topological polar surface area (TPSA) is 67.9 Å². The minimum absolute atomic E-state index is 0.155. The maximum atomic E-state index is 12.4. The van der Waals surface area contributed by atoms with Crippen LogP contribution in [0, 0.1) is 0 Å². The lowest BCUT2D eigenvalue weighted by molar-refractivity contribution is -0.129. The van der Waals surface area contributed by atoms with E-state index in [0.717, 1.165) is 18.4 Å². The van der Waals surface area contributed by atoms with Crippen molar-refractivity contribution in [3.05, 3.63) is 58.1 Å². The Balaban J connectivity index is 1.96. The number of anilines is 1. The number of methoxy groups -OCH3 is 1. The number of para-hydroxylation sites is 1. The van der Waals surface area contributed by atoms with Crippen LogP contribution in [0.15, 0.2) is 42.5 Å². The molecule has 31 heavy (non-hydrogen) atoms. The number of likely N-dealkylation sites (N-methyl/N-ethyl adjacent to an activating group) is 1. The predicted molar refractivity (Wildman–Crippen MR) is 125 cm³/mol. The Bertz CT molecular complexity index is 927. The summed E-state index contributed by atoms with van der Waals surface area (Å²) in [6, 6.07) is 10.4. The molecule has 2 rings (SSSR count). The molecular weight excluding hydrogens is 439 g/mol. The summed E-state index contributed by atoms with van der Waals surface area (Å²) < 4.78 is 11.1. The summed E-state index contributed by atoms with van der Waals surface area (Å²) in [6.07, 6.45) is 5.05. The minimum atomic E-state index is -0.408. The smallest absolute Gasteiger partial charge is 0.246 e. The molecule has 0 aromatic heterocycles. The van der Waals surface area contributed by atoms with Gasteiger partial charge in [-0.2, -0.15) is 0 Å². The molecule has 8 heteroatoms. The molecule has 0 aliphatic carbocycles. The normalized spacial score (nSPS) is 10.7. The van der Waals surface area contributed by atoms with Crippen LogP contribution in [0.1, 0.15) is 25.3 Å². The number of ether oxygens (including phenoxy) is 2. The third-order valence-electron chi connectivity index (χ3n) is 4.35. The first-order valence-corrected chi connectivity index (χ1v) is 10.6. The Hall–Kier alpha value is -2.70. The van der Waals surface area contributed by atoms with Crippen molar-refractivity contribution in [3.63, 3.8) is 0 Å². The number of rotatable bonds is 10. The summed E-state index contributed by atoms with van der Waals surface area (Å²) >= 11 is 12.1. The second kappa shape index (κ2) is 12.2. The minimum Gasteiger partial charge on any atom is -0.493 e. The lowest BCUT2D eigenvalue weighted by Gasteiger charge is -2.16. The molecule has 0 unspecified atom stereocenters. The van der Waals surface area contributed by atoms with Crippen LogP contribution in [0.25, 0.3) is 6.08 Å². The summed E-state index contributed by atoms with van der Waals surface area (Å²) in [4.78, 5) is 25.9. The van der Waals surface area contributed by atoms with Gasteiger partial charge in [-0.1, -0.05) is 48.7 Å². The number of nitrogens with zero attached hydrogens (tertiary/aromatic N) is 1. The summed E-state index contributed by atoms with van der Waals surface area (Å²) in [6.45, 7) is 2.56. The van der Waals surface area contributed by atoms with Gasteiger partial charge in [0, 0.05) is 13.1 Å². The van der Waals surface area contributed by atoms with Gasteiger partial charge in [0.15, 0.2) is 11.5 Å². The quantitative estimate of drug-likeness (QED) is 0.383. The number of carbonyl (C=O) groups is 2. The van der Waals surface area contributed by atoms with Crippen molar-refractivity contribution in [2.75, 3.05) is 32.6 Å². The fourth-order valence-electron chi connectivity index (χ4n) is 2.62. The fourth-order valence-corrected chi connectivity index (χ4v) is 3.11. The van der Waals surface area contributed by atoms with E-state index in [-0.39, 0.29) is 12.5 Å². The number of hydrogen-bond donors (Lipinski definition) is 1. The molecule has 6 nitrogen and oxygen atoms in total. The van der Waals surface area contributed by atoms with Gasteiger partial charge in [-0.05, 0) is 42.3 Å². The van der Waals surface area contributed by atoms with Crippen LogP contribution in [0.5, 0.6) is 11.5 Å². The molecule has 0 saturated heterocycles. The maximum Gasteiger partial charge on any atom is 0.246 e. The first kappa shape index (κ1) is 24.6. The zero-order valence-corrected chi connectivity index (χ0v) is 19.3. The Morgan fingerprint density at radius 2 is 1.84 bits per heavy atom. The van der Waals surface area contributed by atoms with Gasteiger partial charge in [0.2, 0.25) is 11.8 Å². The lowest BCUT2D eigenvalue weighted by Crippen LogP contribution is -2.34. The first-order chi connectivity index (χ1) is 14.8. The largest absolute Gasteiger partial charge is 0.493 e. The van der Waals surface area contributed by atoms with Crippen LogP contribution >= 0.6 is 23.2 Å². The summed E-state index contributed by atoms with van der Waals surface area (Å²) in [7, 11) is 3.10. The van der Waals surface area contributed by atoms with E-state index in [1.807, 2.05) is 12.1 Å². The highest BCUT2D eigenvalue weighted by Gasteiger charge is 2.14. The highest BCUT2D eigenvalue weighted by atomic mass is 35.5. The fraction of sp³-hybridized carbons (Fsp3) is 0.304. The van der Waals surface area contributed by atoms with Crippen LogP contribution in [0.3, 0.4) is 0 Å². The van der Waals surface area contributed by atoms with Gasteiger partial charge in [0.1, 0.15) is 0 Å². The number of halogens is 2. The molecule has 2 aromatic rings. The second-order valence-corrected chi connectivity index (χ2v) is 7.60. The third kappa shape index (κ3) is 7.49. The number of nitrogens with one attached hydrogen (secondary N) is 1. The van der Waals surface area contributed by atoms with E-state index < -0.39 is 5.91 Å². The van der Waals surface area contributed by atoms with E-state index in [0.29, 0.717) is 33.8 Å². The van der Waals surface area contributed by atoms with Gasteiger partial charge >= 0.3 is 0 Å². The zero-order chi connectivity index (χ0) is 22.8. The molecule has 0 heterocycles. The monoisotopic (exact) mass is 464 g/mol. The molecule has 0 saturated carbocycles. The Morgan fingerprint density at radius 3 is 2.48 bits per heavy atom. The molecule has 0 atom stereocenters. The van der Waals surface area contributed by atoms with Crippen molar-refractivity contribution in [2.24, 2.45) is 0 Å². The van der Waals surface area contributed by atoms with E-state index in [9.17, 15) is 9.59 Å². The molecule has 0 bridgehead atoms. The average Bonchev–Trinajstić information content (AvgIpc) is 2.75. The first-order valence-electron chi connectivity index (χ1n) is 9.83. The molecule has 0 fully saturated rings. The van der Waals surface area contributed by atoms with Gasteiger partial charge in [-0.25, -0.2) is 0 Å². The molecule has 2 amide bonds. The molecule has 0 radical (unpaired) electrons. The van der Waals surface area contributed by atoms with E-state index in [4.69, 9.17) is 32.7 Å². The van der Waals surface area contributed by atoms with Crippen LogP contribution in [-0.4, -0.2) is 44.0 Å². The maximum absolute atomic E-state index is 12.4. The predicted octanol–water partition coefficient (Wildman–Crippen LogP) is 5.29. The van der Waals surface area contributed by atoms with Crippen molar-refractivity contribution in [2.45, 2.75) is 19.8 Å². The Morgan fingerprint density at radius 1 is 1.13 bits per heavy atom. The van der Waals surface area contributed by atoms with Gasteiger partial charge in [0.25, 0.3) is 0 Å². The van der Waals surface area contributed by atoms with Crippen molar-refractivity contribution >= 4 is 46.8 Å². The van der Waals surface area contributed by atoms with Crippen LogP contribution in [0.2, 0.25) is 10.0 Å². The highest BCUT2D eigenvalue weighted by Crippen LogP contribution is 2.30. The molecular formula is C23H26Cl2N2O4. The SMILES string of the molecule is CCCCOc1ccc(/C=C/C(=O)N(C)CC(=O)Nc2c(Cl)cccc2Cl)cc1OC. The van der Waals surface area contributed by atoms with Crippen molar-refractivity contribution in [3.8, 4) is 11.5 Å². The highest BCUT2D eigenvalue weighted by molar-refractivity contribution is 6.39. The van der Waals surface area contributed by atoms with E-state index >= 15 is 0 Å². The molecule has 0 spiro atoms. The van der Waals surface area contributed by atoms with Crippen molar-refractivity contribution < 1.29 is 19.1 Å². The van der Waals surface area contributed by atoms with Crippen LogP contribution in [0.4, 0.5) is 5.69 Å². The van der Waals surface area contributed by atoms with Crippen LogP contribution < -0.4 is 14.8 Å². The van der Waals surface area contributed by atoms with Crippen molar-refractivity contribution in [1.29, 1.82) is 0 Å². The van der Waals surface area contributed by atoms with Gasteiger partial charge < -0.3 is 19.7 Å². The molecule has 0 aliphatic heterocycles. The number of carbonyl (C=O) groups excluding carboxylic acids is 2. The van der Waals surface area contributed by atoms with Crippen LogP contribution in [-0.2, 0) is 9.59 Å². The number of amides is 2. The van der Waals surface area contributed by atoms with Gasteiger partial charge in [0.05, 0.1) is 36.0 Å². The summed E-state index contributed by atoms with van der Waals surface area (Å²) in [5.74, 6) is 0.513. The van der Waals surface area contributed by atoms with E-state index in [1.54, 1.807) is 37.5 Å². The number of unbranched alkanes of at least 4 members (excludes halogenated alkanes) is 1. The number of benzene rings is 2. The Kier molecular flexibility index (Phi) is 9.69. The molecule has 1 N–H and O–H groups in total. The lowest BCUT2D eigenvalue weighted by atomic mass is 10.2. The molecule has 0 aliphatic rings. The van der Waals surface area contributed by atoms with Gasteiger partial charge in [-0.3, -0.25) is 9.59 Å². The zero-order valence-electron chi connectivity index (χ0n) is 17.8. The molecule has 2 aromatic carbocycles. The van der Waals surface area contributed by atoms with Crippen molar-refractivity contribution in [1.82, 2.24) is 4.90 Å². The summed E-state index contributed by atoms with van der Waals surface area (Å²) in [5.41, 5.74) is 1.09. The summed E-state index contributed by atoms with van der Waals surface area (Å²) in [5, 5.41) is 3.28. The standard InChI is InChI=1S/C23H26Cl2N2O4/c1-4-5-13-31-19-11-9-16(14-20(19)30-3)10-12-22(29)27(2)15-21(28)26-23-17(24)7-6-8-18(23)25/h6-12,14H,4-5,13,15H2,1-3H3,(H,26,28)/b12-10+. The van der Waals surface area contributed by atoms with E-state index in [2.05, 4.69) is 12.2 Å². The number of hydrogen-bond acceptors (Lipinski definition) is 4. The molecule has 166 valence electrons.